The average Bonchev–Trinajstić information content (AvgIpc) is 2.72. The summed E-state index contributed by atoms with van der Waals surface area (Å²) in [6, 6.07) is 6.00. The molecule has 5 nitrogen and oxygen atoms in total. The average molecular weight is 297 g/mol. The van der Waals surface area contributed by atoms with Crippen molar-refractivity contribution in [3.8, 4) is 0 Å². The van der Waals surface area contributed by atoms with Crippen LogP contribution in [0.15, 0.2) is 27.1 Å². The zero-order valence-electron chi connectivity index (χ0n) is 9.57. The normalized spacial score (nSPS) is 12.5. The predicted octanol–water partition coefficient (Wildman–Crippen LogP) is 2.90. The third-order valence-electron chi connectivity index (χ3n) is 2.27. The Morgan fingerprint density at radius 3 is 2.82 bits per heavy atom. The summed E-state index contributed by atoms with van der Waals surface area (Å²) >= 11 is 3.41. The van der Waals surface area contributed by atoms with Gasteiger partial charge in [0.15, 0.2) is 0 Å². The highest BCUT2D eigenvalue weighted by atomic mass is 79.9. The Bertz CT molecular complexity index is 524. The van der Waals surface area contributed by atoms with E-state index in [0.717, 1.165) is 15.7 Å². The van der Waals surface area contributed by atoms with Crippen LogP contribution in [-0.4, -0.2) is 10.2 Å². The fourth-order valence-electron chi connectivity index (χ4n) is 1.31. The van der Waals surface area contributed by atoms with Crippen LogP contribution in [0.3, 0.4) is 0 Å². The smallest absolute Gasteiger partial charge is 0.320 e. The summed E-state index contributed by atoms with van der Waals surface area (Å²) in [7, 11) is 0. The summed E-state index contributed by atoms with van der Waals surface area (Å²) in [5.41, 5.74) is 7.65. The first kappa shape index (κ1) is 12.1. The number of anilines is 2. The van der Waals surface area contributed by atoms with E-state index in [9.17, 15) is 0 Å². The number of aryl methyl sites for hydroxylation is 1. The lowest BCUT2D eigenvalue weighted by molar-refractivity contribution is 0.475. The highest BCUT2D eigenvalue weighted by Gasteiger charge is 2.10. The lowest BCUT2D eigenvalue weighted by Gasteiger charge is -2.05. The first-order valence-electron chi connectivity index (χ1n) is 5.18. The van der Waals surface area contributed by atoms with Gasteiger partial charge in [-0.2, -0.15) is 0 Å². The second-order valence-electron chi connectivity index (χ2n) is 3.82. The van der Waals surface area contributed by atoms with Crippen molar-refractivity contribution in [1.29, 1.82) is 0 Å². The van der Waals surface area contributed by atoms with Gasteiger partial charge in [0.1, 0.15) is 0 Å². The minimum atomic E-state index is -0.262. The number of nitrogens with one attached hydrogen (secondary N) is 1. The molecule has 1 heterocycles. The molecule has 90 valence electrons. The van der Waals surface area contributed by atoms with Crippen LogP contribution < -0.4 is 11.1 Å². The number of aromatic nitrogens is 2. The molecule has 0 spiro atoms. The van der Waals surface area contributed by atoms with Crippen molar-refractivity contribution < 1.29 is 4.42 Å². The molecule has 0 fully saturated rings. The van der Waals surface area contributed by atoms with Gasteiger partial charge in [0.2, 0.25) is 5.89 Å². The number of nitrogens with two attached hydrogens (primary N) is 1. The molecule has 2 aromatic rings. The van der Waals surface area contributed by atoms with Gasteiger partial charge in [-0.3, -0.25) is 0 Å². The third kappa shape index (κ3) is 2.83. The zero-order valence-corrected chi connectivity index (χ0v) is 11.2. The van der Waals surface area contributed by atoms with Crippen LogP contribution in [0.4, 0.5) is 11.7 Å². The Labute approximate surface area is 108 Å². The molecular weight excluding hydrogens is 284 g/mol. The van der Waals surface area contributed by atoms with E-state index >= 15 is 0 Å². The van der Waals surface area contributed by atoms with E-state index in [0.29, 0.717) is 11.9 Å². The molecule has 0 saturated carbocycles. The Morgan fingerprint density at radius 1 is 1.41 bits per heavy atom. The van der Waals surface area contributed by atoms with E-state index in [1.165, 1.54) is 0 Å². The number of halogens is 1. The predicted molar refractivity (Wildman–Crippen MR) is 69.1 cm³/mol. The molecule has 1 atom stereocenters. The lowest BCUT2D eigenvalue weighted by atomic mass is 10.2. The van der Waals surface area contributed by atoms with Gasteiger partial charge in [-0.25, -0.2) is 0 Å². The van der Waals surface area contributed by atoms with E-state index in [1.807, 2.05) is 25.1 Å². The zero-order chi connectivity index (χ0) is 12.4. The van der Waals surface area contributed by atoms with Gasteiger partial charge < -0.3 is 15.5 Å². The summed E-state index contributed by atoms with van der Waals surface area (Å²) in [4.78, 5) is 0. The largest absolute Gasteiger partial charge is 0.406 e. The van der Waals surface area contributed by atoms with E-state index < -0.39 is 0 Å². The van der Waals surface area contributed by atoms with E-state index in [-0.39, 0.29) is 6.04 Å². The second kappa shape index (κ2) is 4.85. The van der Waals surface area contributed by atoms with Crippen molar-refractivity contribution in [2.45, 2.75) is 19.9 Å². The molecule has 1 aromatic carbocycles. The summed E-state index contributed by atoms with van der Waals surface area (Å²) in [5.74, 6) is 0.417. The van der Waals surface area contributed by atoms with Crippen molar-refractivity contribution in [3.63, 3.8) is 0 Å². The molecule has 1 aromatic heterocycles. The molecule has 0 amide bonds. The Hall–Kier alpha value is -1.40. The maximum Gasteiger partial charge on any atom is 0.320 e. The SMILES string of the molecule is Cc1ccc(Br)cc1Nc1nnc(C(C)N)o1. The second-order valence-corrected chi connectivity index (χ2v) is 4.73. The van der Waals surface area contributed by atoms with Gasteiger partial charge in [0.25, 0.3) is 0 Å². The van der Waals surface area contributed by atoms with Gasteiger partial charge in [-0.15, -0.1) is 5.10 Å². The maximum atomic E-state index is 5.64. The third-order valence-corrected chi connectivity index (χ3v) is 2.76. The van der Waals surface area contributed by atoms with Gasteiger partial charge >= 0.3 is 6.01 Å². The van der Waals surface area contributed by atoms with E-state index in [1.54, 1.807) is 6.92 Å². The number of hydrogen-bond donors (Lipinski definition) is 2. The van der Waals surface area contributed by atoms with Crippen LogP contribution in [0.25, 0.3) is 0 Å². The molecule has 0 aliphatic rings. The fraction of sp³-hybridized carbons (Fsp3) is 0.273. The molecule has 17 heavy (non-hydrogen) atoms. The highest BCUT2D eigenvalue weighted by Crippen LogP contribution is 2.24. The monoisotopic (exact) mass is 296 g/mol. The van der Waals surface area contributed by atoms with Crippen LogP contribution in [0.1, 0.15) is 24.4 Å². The molecule has 0 aliphatic heterocycles. The Morgan fingerprint density at radius 2 is 2.18 bits per heavy atom. The van der Waals surface area contributed by atoms with Crippen molar-refractivity contribution in [2.24, 2.45) is 5.73 Å². The van der Waals surface area contributed by atoms with Crippen LogP contribution >= 0.6 is 15.9 Å². The number of hydrogen-bond acceptors (Lipinski definition) is 5. The number of benzene rings is 1. The number of rotatable bonds is 3. The fourth-order valence-corrected chi connectivity index (χ4v) is 1.67. The van der Waals surface area contributed by atoms with Crippen LogP contribution in [-0.2, 0) is 0 Å². The standard InChI is InChI=1S/C11H13BrN4O/c1-6-3-4-8(12)5-9(6)14-11-16-15-10(17-11)7(2)13/h3-5,7H,13H2,1-2H3,(H,14,16). The lowest BCUT2D eigenvalue weighted by Crippen LogP contribution is -2.04. The van der Waals surface area contributed by atoms with Crippen LogP contribution in [0, 0.1) is 6.92 Å². The van der Waals surface area contributed by atoms with Crippen molar-refractivity contribution in [1.82, 2.24) is 10.2 Å². The minimum absolute atomic E-state index is 0.262. The molecule has 1 unspecified atom stereocenters. The highest BCUT2D eigenvalue weighted by molar-refractivity contribution is 9.10. The summed E-state index contributed by atoms with van der Waals surface area (Å²) in [6.45, 7) is 3.79. The van der Waals surface area contributed by atoms with E-state index in [4.69, 9.17) is 10.2 Å². The topological polar surface area (TPSA) is 77.0 Å². The van der Waals surface area contributed by atoms with Crippen LogP contribution in [0.5, 0.6) is 0 Å². The Kier molecular flexibility index (Phi) is 3.44. The first-order chi connectivity index (χ1) is 8.06. The molecule has 6 heteroatoms. The molecule has 0 aliphatic carbocycles. The molecule has 2 rings (SSSR count). The molecule has 0 radical (unpaired) electrons. The summed E-state index contributed by atoms with van der Waals surface area (Å²) in [6.07, 6.45) is 0. The molecule has 0 bridgehead atoms. The van der Waals surface area contributed by atoms with E-state index in [2.05, 4.69) is 31.4 Å². The first-order valence-corrected chi connectivity index (χ1v) is 5.97. The van der Waals surface area contributed by atoms with Gasteiger partial charge in [-0.05, 0) is 31.5 Å². The molecular formula is C11H13BrN4O. The van der Waals surface area contributed by atoms with Crippen molar-refractivity contribution in [2.75, 3.05) is 5.32 Å². The maximum absolute atomic E-state index is 5.64. The quantitative estimate of drug-likeness (QED) is 0.911. The van der Waals surface area contributed by atoms with Gasteiger partial charge in [-0.1, -0.05) is 27.1 Å². The van der Waals surface area contributed by atoms with Gasteiger partial charge in [0, 0.05) is 10.2 Å². The van der Waals surface area contributed by atoms with Crippen molar-refractivity contribution in [3.05, 3.63) is 34.1 Å². The summed E-state index contributed by atoms with van der Waals surface area (Å²) in [5, 5.41) is 10.8. The number of nitrogens with zero attached hydrogens (tertiary/aromatic N) is 2. The van der Waals surface area contributed by atoms with Crippen LogP contribution in [0.2, 0.25) is 0 Å². The van der Waals surface area contributed by atoms with Crippen molar-refractivity contribution >= 4 is 27.6 Å². The summed E-state index contributed by atoms with van der Waals surface area (Å²) < 4.78 is 6.35. The molecule has 3 N–H and O–H groups in total. The van der Waals surface area contributed by atoms with Gasteiger partial charge in [0.05, 0.1) is 6.04 Å². The Balaban J connectivity index is 2.22. The minimum Gasteiger partial charge on any atom is -0.406 e. The molecule has 0 saturated heterocycles.